The van der Waals surface area contributed by atoms with Crippen molar-refractivity contribution in [3.05, 3.63) is 21.9 Å². The van der Waals surface area contributed by atoms with Crippen molar-refractivity contribution in [2.75, 3.05) is 7.05 Å². The van der Waals surface area contributed by atoms with Gasteiger partial charge in [0.1, 0.15) is 0 Å². The van der Waals surface area contributed by atoms with Gasteiger partial charge in [0.25, 0.3) is 0 Å². The van der Waals surface area contributed by atoms with E-state index in [9.17, 15) is 0 Å². The lowest BCUT2D eigenvalue weighted by Crippen LogP contribution is -2.12. The molecule has 0 bridgehead atoms. The van der Waals surface area contributed by atoms with Crippen LogP contribution in [0.3, 0.4) is 0 Å². The molecule has 1 N–H and O–H groups in total. The number of nitrogens with one attached hydrogen (secondary N) is 1. The normalized spacial score (nSPS) is 17.8. The van der Waals surface area contributed by atoms with Crippen molar-refractivity contribution in [1.82, 2.24) is 5.32 Å². The highest BCUT2D eigenvalue weighted by atomic mass is 32.1. The Morgan fingerprint density at radius 1 is 1.50 bits per heavy atom. The van der Waals surface area contributed by atoms with Crippen LogP contribution in [-0.2, 0) is 6.54 Å². The Bertz CT molecular complexity index is 250. The molecular formula is C10H15NS. The standard InChI is InChI=1S/C10H15NS/c1-11-5-9-6-12-7-10(9)8-3-2-4-8/h6-8,11H,2-5H2,1H3. The van der Waals surface area contributed by atoms with Crippen molar-refractivity contribution in [2.45, 2.75) is 31.7 Å². The third-order valence-corrected chi connectivity index (χ3v) is 3.50. The molecule has 1 aliphatic rings. The summed E-state index contributed by atoms with van der Waals surface area (Å²) < 4.78 is 0. The first-order chi connectivity index (χ1) is 5.92. The minimum atomic E-state index is 0.889. The van der Waals surface area contributed by atoms with Crippen LogP contribution in [0, 0.1) is 0 Å². The van der Waals surface area contributed by atoms with Gasteiger partial charge in [-0.2, -0.15) is 11.3 Å². The lowest BCUT2D eigenvalue weighted by molar-refractivity contribution is 0.418. The first-order valence-electron chi connectivity index (χ1n) is 4.61. The van der Waals surface area contributed by atoms with Crippen molar-refractivity contribution in [3.63, 3.8) is 0 Å². The van der Waals surface area contributed by atoms with Crippen LogP contribution in [-0.4, -0.2) is 7.05 Å². The topological polar surface area (TPSA) is 12.0 Å². The minimum Gasteiger partial charge on any atom is -0.316 e. The van der Waals surface area contributed by atoms with Crippen LogP contribution in [0.4, 0.5) is 0 Å². The molecule has 0 amide bonds. The van der Waals surface area contributed by atoms with Crippen LogP contribution < -0.4 is 5.32 Å². The van der Waals surface area contributed by atoms with Crippen molar-refractivity contribution >= 4 is 11.3 Å². The second kappa shape index (κ2) is 3.58. The first-order valence-corrected chi connectivity index (χ1v) is 5.55. The Hall–Kier alpha value is -0.340. The van der Waals surface area contributed by atoms with Crippen molar-refractivity contribution in [3.8, 4) is 0 Å². The summed E-state index contributed by atoms with van der Waals surface area (Å²) in [5.74, 6) is 0.889. The quantitative estimate of drug-likeness (QED) is 0.756. The van der Waals surface area contributed by atoms with E-state index in [0.717, 1.165) is 12.5 Å². The number of thiophene rings is 1. The SMILES string of the molecule is CNCc1cscc1C1CCC1. The summed E-state index contributed by atoms with van der Waals surface area (Å²) in [4.78, 5) is 0. The van der Waals surface area contributed by atoms with Crippen LogP contribution >= 0.6 is 11.3 Å². The Labute approximate surface area is 77.8 Å². The monoisotopic (exact) mass is 181 g/mol. The number of hydrogen-bond acceptors (Lipinski definition) is 2. The summed E-state index contributed by atoms with van der Waals surface area (Å²) in [5.41, 5.74) is 3.13. The fourth-order valence-electron chi connectivity index (χ4n) is 1.75. The molecule has 0 atom stereocenters. The molecule has 12 heavy (non-hydrogen) atoms. The van der Waals surface area contributed by atoms with Crippen LogP contribution in [0.25, 0.3) is 0 Å². The van der Waals surface area contributed by atoms with Crippen LogP contribution in [0.15, 0.2) is 10.8 Å². The van der Waals surface area contributed by atoms with E-state index in [2.05, 4.69) is 16.1 Å². The molecule has 66 valence electrons. The predicted octanol–water partition coefficient (Wildman–Crippen LogP) is 2.74. The number of hydrogen-bond donors (Lipinski definition) is 1. The van der Waals surface area contributed by atoms with E-state index >= 15 is 0 Å². The Kier molecular flexibility index (Phi) is 2.47. The summed E-state index contributed by atoms with van der Waals surface area (Å²) in [6, 6.07) is 0. The van der Waals surface area contributed by atoms with Gasteiger partial charge in [0.15, 0.2) is 0 Å². The van der Waals surface area contributed by atoms with E-state index in [1.54, 1.807) is 5.56 Å². The largest absolute Gasteiger partial charge is 0.316 e. The smallest absolute Gasteiger partial charge is 0.0213 e. The van der Waals surface area contributed by atoms with E-state index in [1.165, 1.54) is 24.8 Å². The maximum Gasteiger partial charge on any atom is 0.0213 e. The van der Waals surface area contributed by atoms with E-state index in [4.69, 9.17) is 0 Å². The Morgan fingerprint density at radius 3 is 2.92 bits per heavy atom. The van der Waals surface area contributed by atoms with Crippen molar-refractivity contribution < 1.29 is 0 Å². The molecule has 1 saturated carbocycles. The molecule has 0 radical (unpaired) electrons. The molecule has 1 heterocycles. The average molecular weight is 181 g/mol. The fraction of sp³-hybridized carbons (Fsp3) is 0.600. The highest BCUT2D eigenvalue weighted by molar-refractivity contribution is 7.08. The van der Waals surface area contributed by atoms with E-state index in [1.807, 2.05) is 18.4 Å². The van der Waals surface area contributed by atoms with Gasteiger partial charge in [-0.05, 0) is 47.7 Å². The molecule has 1 aromatic heterocycles. The van der Waals surface area contributed by atoms with Gasteiger partial charge in [-0.3, -0.25) is 0 Å². The maximum atomic E-state index is 3.22. The zero-order valence-corrected chi connectivity index (χ0v) is 8.29. The predicted molar refractivity (Wildman–Crippen MR) is 53.7 cm³/mol. The van der Waals surface area contributed by atoms with Gasteiger partial charge < -0.3 is 5.32 Å². The summed E-state index contributed by atoms with van der Waals surface area (Å²) in [5, 5.41) is 7.83. The Morgan fingerprint density at radius 2 is 2.33 bits per heavy atom. The highest BCUT2D eigenvalue weighted by Gasteiger charge is 2.22. The summed E-state index contributed by atoms with van der Waals surface area (Å²) >= 11 is 1.84. The molecular weight excluding hydrogens is 166 g/mol. The molecule has 0 saturated heterocycles. The summed E-state index contributed by atoms with van der Waals surface area (Å²) in [7, 11) is 2.02. The van der Waals surface area contributed by atoms with Gasteiger partial charge in [-0.15, -0.1) is 0 Å². The van der Waals surface area contributed by atoms with Gasteiger partial charge in [0.2, 0.25) is 0 Å². The number of rotatable bonds is 3. The lowest BCUT2D eigenvalue weighted by Gasteiger charge is -2.26. The zero-order chi connectivity index (χ0) is 8.39. The van der Waals surface area contributed by atoms with Crippen LogP contribution in [0.5, 0.6) is 0 Å². The fourth-order valence-corrected chi connectivity index (χ4v) is 2.69. The second-order valence-electron chi connectivity index (χ2n) is 3.51. The molecule has 1 nitrogen and oxygen atoms in total. The molecule has 0 aliphatic heterocycles. The van der Waals surface area contributed by atoms with Crippen LogP contribution in [0.2, 0.25) is 0 Å². The minimum absolute atomic E-state index is 0.889. The molecule has 2 heteroatoms. The van der Waals surface area contributed by atoms with Crippen molar-refractivity contribution in [1.29, 1.82) is 0 Å². The van der Waals surface area contributed by atoms with Crippen molar-refractivity contribution in [2.24, 2.45) is 0 Å². The van der Waals surface area contributed by atoms with Gasteiger partial charge in [0, 0.05) is 6.54 Å². The molecule has 0 spiro atoms. The first kappa shape index (κ1) is 8.27. The molecule has 1 aliphatic carbocycles. The van der Waals surface area contributed by atoms with Gasteiger partial charge in [-0.25, -0.2) is 0 Å². The maximum absolute atomic E-state index is 3.22. The van der Waals surface area contributed by atoms with Crippen LogP contribution in [0.1, 0.15) is 36.3 Å². The third kappa shape index (κ3) is 1.41. The molecule has 2 rings (SSSR count). The van der Waals surface area contributed by atoms with Gasteiger partial charge in [0.05, 0.1) is 0 Å². The third-order valence-electron chi connectivity index (χ3n) is 2.69. The van der Waals surface area contributed by atoms with E-state index < -0.39 is 0 Å². The molecule has 1 aromatic rings. The van der Waals surface area contributed by atoms with E-state index in [-0.39, 0.29) is 0 Å². The second-order valence-corrected chi connectivity index (χ2v) is 4.25. The Balaban J connectivity index is 2.12. The lowest BCUT2D eigenvalue weighted by atomic mass is 9.80. The summed E-state index contributed by atoms with van der Waals surface area (Å²) in [6.45, 7) is 1.04. The van der Waals surface area contributed by atoms with Gasteiger partial charge >= 0.3 is 0 Å². The molecule has 0 aromatic carbocycles. The van der Waals surface area contributed by atoms with Gasteiger partial charge in [-0.1, -0.05) is 6.42 Å². The summed E-state index contributed by atoms with van der Waals surface area (Å²) in [6.07, 6.45) is 4.25. The average Bonchev–Trinajstić information content (AvgIpc) is 2.35. The molecule has 0 unspecified atom stereocenters. The van der Waals surface area contributed by atoms with E-state index in [0.29, 0.717) is 0 Å². The molecule has 1 fully saturated rings. The zero-order valence-electron chi connectivity index (χ0n) is 7.47. The highest BCUT2D eigenvalue weighted by Crippen LogP contribution is 2.39.